The molecule has 1 aromatic carbocycles. The van der Waals surface area contributed by atoms with Crippen LogP contribution >= 0.6 is 15.9 Å². The van der Waals surface area contributed by atoms with E-state index in [4.69, 9.17) is 4.74 Å². The molecule has 0 heterocycles. The first-order chi connectivity index (χ1) is 7.49. The van der Waals surface area contributed by atoms with Gasteiger partial charge < -0.3 is 15.2 Å². The molecule has 0 aliphatic rings. The van der Waals surface area contributed by atoms with Gasteiger partial charge in [-0.25, -0.2) is 0 Å². The van der Waals surface area contributed by atoms with Crippen molar-refractivity contribution in [2.75, 3.05) is 11.9 Å². The van der Waals surface area contributed by atoms with Crippen LogP contribution in [0.2, 0.25) is 0 Å². The van der Waals surface area contributed by atoms with Crippen molar-refractivity contribution >= 4 is 21.6 Å². The van der Waals surface area contributed by atoms with Gasteiger partial charge in [-0.05, 0) is 48.8 Å². The van der Waals surface area contributed by atoms with Crippen molar-refractivity contribution in [1.29, 1.82) is 0 Å². The van der Waals surface area contributed by atoms with E-state index in [1.807, 2.05) is 32.0 Å². The average Bonchev–Trinajstić information content (AvgIpc) is 2.18. The third kappa shape index (κ3) is 4.41. The van der Waals surface area contributed by atoms with Crippen LogP contribution in [0, 0.1) is 0 Å². The summed E-state index contributed by atoms with van der Waals surface area (Å²) < 4.78 is 6.58. The molecule has 90 valence electrons. The summed E-state index contributed by atoms with van der Waals surface area (Å²) in [6, 6.07) is 5.80. The third-order valence-corrected chi connectivity index (χ3v) is 2.55. The number of rotatable bonds is 5. The molecule has 0 aromatic heterocycles. The first kappa shape index (κ1) is 13.3. The summed E-state index contributed by atoms with van der Waals surface area (Å²) in [6.45, 7) is 6.25. The van der Waals surface area contributed by atoms with Crippen molar-refractivity contribution in [2.45, 2.75) is 33.0 Å². The van der Waals surface area contributed by atoms with E-state index in [1.54, 1.807) is 6.92 Å². The molecule has 0 spiro atoms. The SMILES string of the molecule is CC(C)Oc1cc(NC[C@H](C)O)ccc1Br. The summed E-state index contributed by atoms with van der Waals surface area (Å²) in [6.07, 6.45) is -0.221. The molecular weight excluding hydrogens is 270 g/mol. The number of anilines is 1. The molecule has 0 bridgehead atoms. The lowest BCUT2D eigenvalue weighted by molar-refractivity contribution is 0.208. The van der Waals surface area contributed by atoms with Crippen LogP contribution < -0.4 is 10.1 Å². The molecular formula is C12H18BrNO2. The number of ether oxygens (including phenoxy) is 1. The lowest BCUT2D eigenvalue weighted by Gasteiger charge is -2.14. The topological polar surface area (TPSA) is 41.5 Å². The maximum Gasteiger partial charge on any atom is 0.135 e. The fraction of sp³-hybridized carbons (Fsp3) is 0.500. The molecule has 16 heavy (non-hydrogen) atoms. The number of aliphatic hydroxyl groups is 1. The minimum Gasteiger partial charge on any atom is -0.490 e. The summed E-state index contributed by atoms with van der Waals surface area (Å²) in [5.41, 5.74) is 0.944. The Labute approximate surface area is 105 Å². The number of nitrogens with one attached hydrogen (secondary N) is 1. The van der Waals surface area contributed by atoms with Gasteiger partial charge in [-0.15, -0.1) is 0 Å². The van der Waals surface area contributed by atoms with Crippen molar-refractivity contribution in [1.82, 2.24) is 0 Å². The van der Waals surface area contributed by atoms with Gasteiger partial charge in [0.2, 0.25) is 0 Å². The lowest BCUT2D eigenvalue weighted by atomic mass is 10.3. The summed E-state index contributed by atoms with van der Waals surface area (Å²) in [5, 5.41) is 12.3. The maximum absolute atomic E-state index is 9.18. The summed E-state index contributed by atoms with van der Waals surface area (Å²) in [5.74, 6) is 0.811. The van der Waals surface area contributed by atoms with E-state index in [1.165, 1.54) is 0 Å². The molecule has 0 radical (unpaired) electrons. The van der Waals surface area contributed by atoms with E-state index < -0.39 is 0 Å². The van der Waals surface area contributed by atoms with Crippen molar-refractivity contribution in [3.05, 3.63) is 22.7 Å². The molecule has 0 aliphatic carbocycles. The average molecular weight is 288 g/mol. The van der Waals surface area contributed by atoms with Crippen LogP contribution in [0.5, 0.6) is 5.75 Å². The zero-order valence-electron chi connectivity index (χ0n) is 9.83. The van der Waals surface area contributed by atoms with Gasteiger partial charge in [0.05, 0.1) is 16.7 Å². The first-order valence-electron chi connectivity index (χ1n) is 5.37. The normalized spacial score (nSPS) is 12.6. The number of benzene rings is 1. The zero-order chi connectivity index (χ0) is 12.1. The zero-order valence-corrected chi connectivity index (χ0v) is 11.4. The first-order valence-corrected chi connectivity index (χ1v) is 6.16. The van der Waals surface area contributed by atoms with Crippen LogP contribution in [0.4, 0.5) is 5.69 Å². The quantitative estimate of drug-likeness (QED) is 0.875. The van der Waals surface area contributed by atoms with Gasteiger partial charge in [0.15, 0.2) is 0 Å². The molecule has 4 heteroatoms. The lowest BCUT2D eigenvalue weighted by Crippen LogP contribution is -2.15. The number of aliphatic hydroxyl groups excluding tert-OH is 1. The van der Waals surface area contributed by atoms with Crippen LogP contribution in [-0.4, -0.2) is 23.9 Å². The molecule has 1 rings (SSSR count). The highest BCUT2D eigenvalue weighted by Crippen LogP contribution is 2.29. The van der Waals surface area contributed by atoms with E-state index >= 15 is 0 Å². The smallest absolute Gasteiger partial charge is 0.135 e. The van der Waals surface area contributed by atoms with E-state index in [2.05, 4.69) is 21.2 Å². The highest BCUT2D eigenvalue weighted by Gasteiger charge is 2.05. The highest BCUT2D eigenvalue weighted by molar-refractivity contribution is 9.10. The maximum atomic E-state index is 9.18. The number of hydrogen-bond acceptors (Lipinski definition) is 3. The van der Waals surface area contributed by atoms with Gasteiger partial charge in [0, 0.05) is 18.3 Å². The second-order valence-corrected chi connectivity index (χ2v) is 4.90. The highest BCUT2D eigenvalue weighted by atomic mass is 79.9. The van der Waals surface area contributed by atoms with Crippen LogP contribution in [-0.2, 0) is 0 Å². The van der Waals surface area contributed by atoms with Gasteiger partial charge in [-0.3, -0.25) is 0 Å². The third-order valence-electron chi connectivity index (χ3n) is 1.90. The molecule has 0 amide bonds. The predicted octanol–water partition coefficient (Wildman–Crippen LogP) is 3.03. The minimum absolute atomic E-state index is 0.142. The summed E-state index contributed by atoms with van der Waals surface area (Å²) in [7, 11) is 0. The Hall–Kier alpha value is -0.740. The second-order valence-electron chi connectivity index (χ2n) is 4.04. The standard InChI is InChI=1S/C12H18BrNO2/c1-8(2)16-12-6-10(4-5-11(12)13)14-7-9(3)15/h4-6,8-9,14-15H,7H2,1-3H3/t9-/m0/s1. The molecule has 3 nitrogen and oxygen atoms in total. The Bertz CT molecular complexity index is 340. The Morgan fingerprint density at radius 2 is 2.06 bits per heavy atom. The van der Waals surface area contributed by atoms with Gasteiger partial charge in [0.1, 0.15) is 5.75 Å². The Balaban J connectivity index is 2.73. The molecule has 0 saturated heterocycles. The monoisotopic (exact) mass is 287 g/mol. The van der Waals surface area contributed by atoms with Crippen molar-refractivity contribution in [2.24, 2.45) is 0 Å². The van der Waals surface area contributed by atoms with Crippen molar-refractivity contribution < 1.29 is 9.84 Å². The summed E-state index contributed by atoms with van der Waals surface area (Å²) in [4.78, 5) is 0. The minimum atomic E-state index is -0.363. The fourth-order valence-corrected chi connectivity index (χ4v) is 1.56. The number of halogens is 1. The van der Waals surface area contributed by atoms with E-state index in [9.17, 15) is 5.11 Å². The largest absolute Gasteiger partial charge is 0.490 e. The molecule has 0 unspecified atom stereocenters. The van der Waals surface area contributed by atoms with Crippen molar-refractivity contribution in [3.63, 3.8) is 0 Å². The second kappa shape index (κ2) is 6.11. The molecule has 1 atom stereocenters. The fourth-order valence-electron chi connectivity index (χ4n) is 1.22. The van der Waals surface area contributed by atoms with E-state index in [0.717, 1.165) is 15.9 Å². The van der Waals surface area contributed by atoms with Crippen LogP contribution in [0.3, 0.4) is 0 Å². The predicted molar refractivity (Wildman–Crippen MR) is 70.1 cm³/mol. The van der Waals surface area contributed by atoms with Gasteiger partial charge in [-0.2, -0.15) is 0 Å². The van der Waals surface area contributed by atoms with Crippen LogP contribution in [0.1, 0.15) is 20.8 Å². The van der Waals surface area contributed by atoms with Gasteiger partial charge >= 0.3 is 0 Å². The van der Waals surface area contributed by atoms with Crippen LogP contribution in [0.15, 0.2) is 22.7 Å². The van der Waals surface area contributed by atoms with Crippen molar-refractivity contribution in [3.8, 4) is 5.75 Å². The number of hydrogen-bond donors (Lipinski definition) is 2. The van der Waals surface area contributed by atoms with Gasteiger partial charge in [-0.1, -0.05) is 0 Å². The molecule has 0 saturated carbocycles. The molecule has 2 N–H and O–H groups in total. The molecule has 0 aliphatic heterocycles. The molecule has 0 fully saturated rings. The Morgan fingerprint density at radius 1 is 1.38 bits per heavy atom. The Morgan fingerprint density at radius 3 is 2.62 bits per heavy atom. The van der Waals surface area contributed by atoms with E-state index in [0.29, 0.717) is 6.54 Å². The summed E-state index contributed by atoms with van der Waals surface area (Å²) >= 11 is 3.44. The Kier molecular flexibility index (Phi) is 5.09. The molecule has 1 aromatic rings. The van der Waals surface area contributed by atoms with Gasteiger partial charge in [0.25, 0.3) is 0 Å². The van der Waals surface area contributed by atoms with E-state index in [-0.39, 0.29) is 12.2 Å². The van der Waals surface area contributed by atoms with Crippen LogP contribution in [0.25, 0.3) is 0 Å².